The molecule has 19 heavy (non-hydrogen) atoms. The van der Waals surface area contributed by atoms with Crippen molar-refractivity contribution < 1.29 is 4.79 Å². The summed E-state index contributed by atoms with van der Waals surface area (Å²) in [4.78, 5) is 16.7. The van der Waals surface area contributed by atoms with Gasteiger partial charge in [0.1, 0.15) is 0 Å². The highest BCUT2D eigenvalue weighted by molar-refractivity contribution is 7.16. The third-order valence-corrected chi connectivity index (χ3v) is 4.72. The van der Waals surface area contributed by atoms with E-state index in [9.17, 15) is 4.79 Å². The third-order valence-electron chi connectivity index (χ3n) is 3.98. The van der Waals surface area contributed by atoms with Crippen LogP contribution in [0.25, 0.3) is 0 Å². The van der Waals surface area contributed by atoms with E-state index in [0.717, 1.165) is 19.5 Å². The van der Waals surface area contributed by atoms with Crippen molar-refractivity contribution in [3.63, 3.8) is 0 Å². The first-order chi connectivity index (χ1) is 9.24. The molecular weight excluding hydrogens is 262 g/mol. The number of anilines is 1. The number of nitrogens with zero attached hydrogens (tertiary/aromatic N) is 4. The topological polar surface area (TPSA) is 75.3 Å². The Morgan fingerprint density at radius 2 is 2.00 bits per heavy atom. The number of amides is 1. The first-order valence-electron chi connectivity index (χ1n) is 6.86. The summed E-state index contributed by atoms with van der Waals surface area (Å²) in [6, 6.07) is 0.523. The number of likely N-dealkylation sites (tertiary alicyclic amines) is 2. The highest BCUT2D eigenvalue weighted by Gasteiger charge is 2.32. The zero-order valence-corrected chi connectivity index (χ0v) is 11.7. The van der Waals surface area contributed by atoms with E-state index >= 15 is 0 Å². The Morgan fingerprint density at radius 3 is 2.68 bits per heavy atom. The molecule has 0 radical (unpaired) electrons. The van der Waals surface area contributed by atoms with Crippen LogP contribution in [0.3, 0.4) is 0 Å². The summed E-state index contributed by atoms with van der Waals surface area (Å²) in [5, 5.41) is 8.31. The maximum atomic E-state index is 12.2. The summed E-state index contributed by atoms with van der Waals surface area (Å²) in [7, 11) is 0. The molecule has 1 aromatic heterocycles. The number of carbonyl (C=O) groups excluding carboxylic acids is 1. The van der Waals surface area contributed by atoms with Crippen LogP contribution >= 0.6 is 11.3 Å². The number of nitrogen functional groups attached to an aromatic ring is 1. The molecule has 1 unspecified atom stereocenters. The maximum Gasteiger partial charge on any atom is 0.284 e. The highest BCUT2D eigenvalue weighted by atomic mass is 32.1. The molecule has 0 spiro atoms. The molecule has 7 heteroatoms. The van der Waals surface area contributed by atoms with Crippen LogP contribution in [0.1, 0.15) is 35.5 Å². The molecule has 104 valence electrons. The minimum atomic E-state index is -0.0197. The Labute approximate surface area is 116 Å². The molecule has 1 amide bonds. The van der Waals surface area contributed by atoms with Crippen LogP contribution in [0.2, 0.25) is 0 Å². The molecular formula is C12H19N5OS. The van der Waals surface area contributed by atoms with E-state index in [4.69, 9.17) is 5.73 Å². The molecule has 3 rings (SSSR count). The molecule has 3 heterocycles. The average molecular weight is 281 g/mol. The second-order valence-electron chi connectivity index (χ2n) is 5.24. The molecule has 1 aromatic rings. The SMILES string of the molecule is Nc1nnc(C(=O)N2CCC(N3CCCCC3)C2)s1. The lowest BCUT2D eigenvalue weighted by atomic mass is 10.1. The molecule has 6 nitrogen and oxygen atoms in total. The fraction of sp³-hybridized carbons (Fsp3) is 0.750. The lowest BCUT2D eigenvalue weighted by molar-refractivity contribution is 0.0770. The second kappa shape index (κ2) is 5.42. The number of aromatic nitrogens is 2. The van der Waals surface area contributed by atoms with Crippen molar-refractivity contribution in [2.75, 3.05) is 31.9 Å². The summed E-state index contributed by atoms with van der Waals surface area (Å²) in [5.41, 5.74) is 5.53. The number of hydrogen-bond acceptors (Lipinski definition) is 6. The van der Waals surface area contributed by atoms with Crippen LogP contribution in [0.15, 0.2) is 0 Å². The Morgan fingerprint density at radius 1 is 1.21 bits per heavy atom. The fourth-order valence-electron chi connectivity index (χ4n) is 2.96. The molecule has 2 aliphatic heterocycles. The maximum absolute atomic E-state index is 12.2. The van der Waals surface area contributed by atoms with Gasteiger partial charge in [-0.05, 0) is 32.4 Å². The van der Waals surface area contributed by atoms with Crippen molar-refractivity contribution in [3.05, 3.63) is 5.01 Å². The van der Waals surface area contributed by atoms with Gasteiger partial charge in [-0.25, -0.2) is 0 Å². The Bertz CT molecular complexity index is 457. The quantitative estimate of drug-likeness (QED) is 0.868. The van der Waals surface area contributed by atoms with E-state index in [1.807, 2.05) is 4.90 Å². The summed E-state index contributed by atoms with van der Waals surface area (Å²) in [6.07, 6.45) is 4.99. The number of rotatable bonds is 2. The van der Waals surface area contributed by atoms with Crippen LogP contribution in [0, 0.1) is 0 Å². The molecule has 0 aromatic carbocycles. The van der Waals surface area contributed by atoms with E-state index in [2.05, 4.69) is 15.1 Å². The smallest absolute Gasteiger partial charge is 0.284 e. The Kier molecular flexibility index (Phi) is 3.65. The van der Waals surface area contributed by atoms with Crippen molar-refractivity contribution in [2.45, 2.75) is 31.7 Å². The van der Waals surface area contributed by atoms with E-state index in [1.165, 1.54) is 43.7 Å². The summed E-state index contributed by atoms with van der Waals surface area (Å²) >= 11 is 1.17. The summed E-state index contributed by atoms with van der Waals surface area (Å²) in [5.74, 6) is -0.0197. The van der Waals surface area contributed by atoms with Crippen molar-refractivity contribution >= 4 is 22.4 Å². The first kappa shape index (κ1) is 12.8. The van der Waals surface area contributed by atoms with E-state index in [0.29, 0.717) is 16.2 Å². The van der Waals surface area contributed by atoms with Gasteiger partial charge in [-0.3, -0.25) is 9.69 Å². The molecule has 0 saturated carbocycles. The minimum Gasteiger partial charge on any atom is -0.374 e. The highest BCUT2D eigenvalue weighted by Crippen LogP contribution is 2.22. The van der Waals surface area contributed by atoms with Crippen molar-refractivity contribution in [1.29, 1.82) is 0 Å². The van der Waals surface area contributed by atoms with Gasteiger partial charge in [0.2, 0.25) is 10.1 Å². The van der Waals surface area contributed by atoms with Gasteiger partial charge in [0.15, 0.2) is 0 Å². The Balaban J connectivity index is 1.60. The van der Waals surface area contributed by atoms with Crippen molar-refractivity contribution in [3.8, 4) is 0 Å². The van der Waals surface area contributed by atoms with Crippen molar-refractivity contribution in [2.24, 2.45) is 0 Å². The average Bonchev–Trinajstić information content (AvgIpc) is 3.08. The predicted octanol–water partition coefficient (Wildman–Crippen LogP) is 0.821. The van der Waals surface area contributed by atoms with Gasteiger partial charge >= 0.3 is 0 Å². The number of carbonyl (C=O) groups is 1. The van der Waals surface area contributed by atoms with Crippen LogP contribution in [-0.2, 0) is 0 Å². The van der Waals surface area contributed by atoms with E-state index < -0.39 is 0 Å². The van der Waals surface area contributed by atoms with Gasteiger partial charge in [0.05, 0.1) is 0 Å². The van der Waals surface area contributed by atoms with Gasteiger partial charge in [0.25, 0.3) is 5.91 Å². The van der Waals surface area contributed by atoms with Gasteiger partial charge in [0, 0.05) is 19.1 Å². The third kappa shape index (κ3) is 2.71. The number of hydrogen-bond donors (Lipinski definition) is 1. The molecule has 2 saturated heterocycles. The van der Waals surface area contributed by atoms with E-state index in [1.54, 1.807) is 0 Å². The van der Waals surface area contributed by atoms with Gasteiger partial charge < -0.3 is 10.6 Å². The summed E-state index contributed by atoms with van der Waals surface area (Å²) in [6.45, 7) is 3.99. The molecule has 0 aliphatic carbocycles. The molecule has 2 N–H and O–H groups in total. The fourth-order valence-corrected chi connectivity index (χ4v) is 3.54. The normalized spacial score (nSPS) is 24.8. The zero-order valence-electron chi connectivity index (χ0n) is 10.9. The van der Waals surface area contributed by atoms with Gasteiger partial charge in [-0.15, -0.1) is 10.2 Å². The zero-order chi connectivity index (χ0) is 13.2. The van der Waals surface area contributed by atoms with Crippen LogP contribution in [0.4, 0.5) is 5.13 Å². The number of nitrogens with two attached hydrogens (primary N) is 1. The number of piperidine rings is 1. The minimum absolute atomic E-state index is 0.0197. The predicted molar refractivity (Wildman–Crippen MR) is 74.1 cm³/mol. The summed E-state index contributed by atoms with van der Waals surface area (Å²) < 4.78 is 0. The van der Waals surface area contributed by atoms with Crippen molar-refractivity contribution in [1.82, 2.24) is 20.0 Å². The van der Waals surface area contributed by atoms with Crippen LogP contribution in [-0.4, -0.2) is 58.1 Å². The monoisotopic (exact) mass is 281 g/mol. The van der Waals surface area contributed by atoms with Gasteiger partial charge in [-0.2, -0.15) is 0 Å². The molecule has 0 bridgehead atoms. The Hall–Kier alpha value is -1.21. The standard InChI is InChI=1S/C12H19N5OS/c13-12-15-14-10(19-12)11(18)17-7-4-9(8-17)16-5-2-1-3-6-16/h9H,1-8H2,(H2,13,15). The van der Waals surface area contributed by atoms with Gasteiger partial charge in [-0.1, -0.05) is 17.8 Å². The molecule has 1 atom stereocenters. The lowest BCUT2D eigenvalue weighted by Crippen LogP contribution is -2.41. The van der Waals surface area contributed by atoms with Crippen LogP contribution < -0.4 is 5.73 Å². The molecule has 2 fully saturated rings. The first-order valence-corrected chi connectivity index (χ1v) is 7.68. The lowest BCUT2D eigenvalue weighted by Gasteiger charge is -2.32. The largest absolute Gasteiger partial charge is 0.374 e. The van der Waals surface area contributed by atoms with E-state index in [-0.39, 0.29) is 5.91 Å². The second-order valence-corrected chi connectivity index (χ2v) is 6.24. The molecule has 2 aliphatic rings. The van der Waals surface area contributed by atoms with Crippen LogP contribution in [0.5, 0.6) is 0 Å².